The highest BCUT2D eigenvalue weighted by Gasteiger charge is 2.13. The van der Waals surface area contributed by atoms with Crippen LogP contribution in [0.1, 0.15) is 32.6 Å². The van der Waals surface area contributed by atoms with Gasteiger partial charge in [0.05, 0.1) is 19.1 Å². The average Bonchev–Trinajstić information content (AvgIpc) is 2.55. The second kappa shape index (κ2) is 7.17. The van der Waals surface area contributed by atoms with Gasteiger partial charge in [0, 0.05) is 5.69 Å². The van der Waals surface area contributed by atoms with Crippen LogP contribution in [0.3, 0.4) is 0 Å². The number of benzene rings is 2. The van der Waals surface area contributed by atoms with Crippen LogP contribution in [-0.2, 0) is 11.2 Å². The van der Waals surface area contributed by atoms with Crippen molar-refractivity contribution in [3.05, 3.63) is 58.1 Å². The van der Waals surface area contributed by atoms with E-state index in [-0.39, 0.29) is 17.9 Å². The summed E-state index contributed by atoms with van der Waals surface area (Å²) in [4.78, 5) is 23.2. The van der Waals surface area contributed by atoms with E-state index in [1.807, 2.05) is 26.8 Å². The molecular formula is C19H21NO4. The van der Waals surface area contributed by atoms with Crippen LogP contribution in [0.2, 0.25) is 0 Å². The molecule has 5 nitrogen and oxygen atoms in total. The summed E-state index contributed by atoms with van der Waals surface area (Å²) >= 11 is 0. The average molecular weight is 327 g/mol. The predicted octanol–water partition coefficient (Wildman–Crippen LogP) is 3.50. The van der Waals surface area contributed by atoms with Crippen LogP contribution in [0.5, 0.6) is 5.75 Å². The number of hydrogen-bond acceptors (Lipinski definition) is 3. The first-order valence-electron chi connectivity index (χ1n) is 7.60. The van der Waals surface area contributed by atoms with E-state index in [1.165, 1.54) is 12.1 Å². The number of amides is 1. The standard InChI is InChI=1S/C19H21NO4/c1-11-9-16(24-4)12(2)13(3)18(11)20-17(21)10-14-5-7-15(8-6-14)19(22)23/h5-9H,10H2,1-4H3,(H,20,21)(H,22,23). The summed E-state index contributed by atoms with van der Waals surface area (Å²) in [6.07, 6.45) is 0.184. The molecule has 0 aliphatic heterocycles. The molecule has 0 aliphatic rings. The number of carboxylic acid groups (broad SMARTS) is 1. The molecule has 0 spiro atoms. The van der Waals surface area contributed by atoms with E-state index in [4.69, 9.17) is 9.84 Å². The quantitative estimate of drug-likeness (QED) is 0.881. The molecule has 2 rings (SSSR count). The third-order valence-electron chi connectivity index (χ3n) is 4.10. The maximum Gasteiger partial charge on any atom is 0.335 e. The van der Waals surface area contributed by atoms with Crippen molar-refractivity contribution < 1.29 is 19.4 Å². The van der Waals surface area contributed by atoms with Gasteiger partial charge in [-0.25, -0.2) is 4.79 Å². The lowest BCUT2D eigenvalue weighted by Gasteiger charge is -2.16. The molecule has 1 amide bonds. The zero-order chi connectivity index (χ0) is 17.9. The number of rotatable bonds is 5. The van der Waals surface area contributed by atoms with Crippen LogP contribution in [0, 0.1) is 20.8 Å². The monoisotopic (exact) mass is 327 g/mol. The van der Waals surface area contributed by atoms with E-state index in [0.717, 1.165) is 33.7 Å². The Morgan fingerprint density at radius 3 is 2.25 bits per heavy atom. The second-order valence-electron chi connectivity index (χ2n) is 5.75. The van der Waals surface area contributed by atoms with Crippen LogP contribution in [0.25, 0.3) is 0 Å². The summed E-state index contributed by atoms with van der Waals surface area (Å²) in [5.74, 6) is -0.327. The number of carboxylic acids is 1. The van der Waals surface area contributed by atoms with Crippen LogP contribution in [-0.4, -0.2) is 24.1 Å². The number of aryl methyl sites for hydroxylation is 1. The maximum atomic E-state index is 12.3. The van der Waals surface area contributed by atoms with Crippen molar-refractivity contribution in [1.82, 2.24) is 0 Å². The minimum atomic E-state index is -0.981. The number of ether oxygens (including phenoxy) is 1. The molecule has 2 N–H and O–H groups in total. The number of hydrogen-bond donors (Lipinski definition) is 2. The highest BCUT2D eigenvalue weighted by atomic mass is 16.5. The van der Waals surface area contributed by atoms with Gasteiger partial charge in [-0.1, -0.05) is 12.1 Å². The lowest BCUT2D eigenvalue weighted by Crippen LogP contribution is -2.16. The largest absolute Gasteiger partial charge is 0.496 e. The van der Waals surface area contributed by atoms with Crippen molar-refractivity contribution in [1.29, 1.82) is 0 Å². The molecule has 0 saturated heterocycles. The van der Waals surface area contributed by atoms with Crippen molar-refractivity contribution in [2.45, 2.75) is 27.2 Å². The molecule has 24 heavy (non-hydrogen) atoms. The van der Waals surface area contributed by atoms with Crippen LogP contribution in [0.15, 0.2) is 30.3 Å². The summed E-state index contributed by atoms with van der Waals surface area (Å²) < 4.78 is 5.33. The zero-order valence-electron chi connectivity index (χ0n) is 14.3. The summed E-state index contributed by atoms with van der Waals surface area (Å²) in [5, 5.41) is 11.8. The SMILES string of the molecule is COc1cc(C)c(NC(=O)Cc2ccc(C(=O)O)cc2)c(C)c1C. The van der Waals surface area contributed by atoms with Gasteiger partial charge in [0.1, 0.15) is 5.75 Å². The Labute approximate surface area is 141 Å². The number of aromatic carboxylic acids is 1. The summed E-state index contributed by atoms with van der Waals surface area (Å²) in [6.45, 7) is 5.82. The number of anilines is 1. The Bertz CT molecular complexity index is 779. The number of carbonyl (C=O) groups excluding carboxylic acids is 1. The lowest BCUT2D eigenvalue weighted by atomic mass is 10.0. The molecule has 2 aromatic carbocycles. The van der Waals surface area contributed by atoms with Gasteiger partial charge in [0.2, 0.25) is 5.91 Å². The topological polar surface area (TPSA) is 75.6 Å². The molecule has 126 valence electrons. The molecule has 0 bridgehead atoms. The van der Waals surface area contributed by atoms with Gasteiger partial charge in [-0.3, -0.25) is 4.79 Å². The normalized spacial score (nSPS) is 10.3. The molecule has 5 heteroatoms. The summed E-state index contributed by atoms with van der Waals surface area (Å²) in [7, 11) is 1.63. The fourth-order valence-electron chi connectivity index (χ4n) is 2.58. The van der Waals surface area contributed by atoms with Crippen molar-refractivity contribution >= 4 is 17.6 Å². The van der Waals surface area contributed by atoms with E-state index >= 15 is 0 Å². The van der Waals surface area contributed by atoms with Gasteiger partial charge < -0.3 is 15.2 Å². The molecule has 0 heterocycles. The zero-order valence-corrected chi connectivity index (χ0v) is 14.3. The third kappa shape index (κ3) is 3.74. The van der Waals surface area contributed by atoms with Crippen LogP contribution < -0.4 is 10.1 Å². The van der Waals surface area contributed by atoms with E-state index < -0.39 is 5.97 Å². The van der Waals surface area contributed by atoms with E-state index in [9.17, 15) is 9.59 Å². The molecule has 2 aromatic rings. The van der Waals surface area contributed by atoms with E-state index in [1.54, 1.807) is 19.2 Å². The lowest BCUT2D eigenvalue weighted by molar-refractivity contribution is -0.115. The molecule has 0 unspecified atom stereocenters. The Kier molecular flexibility index (Phi) is 5.24. The molecule has 0 fully saturated rings. The number of methoxy groups -OCH3 is 1. The maximum absolute atomic E-state index is 12.3. The first kappa shape index (κ1) is 17.5. The fourth-order valence-corrected chi connectivity index (χ4v) is 2.58. The van der Waals surface area contributed by atoms with Gasteiger partial charge in [0.25, 0.3) is 0 Å². The number of carbonyl (C=O) groups is 2. The van der Waals surface area contributed by atoms with Crippen LogP contribution in [0.4, 0.5) is 5.69 Å². The Hall–Kier alpha value is -2.82. The fraction of sp³-hybridized carbons (Fsp3) is 0.263. The first-order chi connectivity index (χ1) is 11.3. The predicted molar refractivity (Wildman–Crippen MR) is 92.9 cm³/mol. The van der Waals surface area contributed by atoms with Gasteiger partial charge in [0.15, 0.2) is 0 Å². The molecule has 0 radical (unpaired) electrons. The van der Waals surface area contributed by atoms with E-state index in [2.05, 4.69) is 5.32 Å². The minimum absolute atomic E-state index is 0.145. The van der Waals surface area contributed by atoms with Gasteiger partial charge in [-0.2, -0.15) is 0 Å². The highest BCUT2D eigenvalue weighted by Crippen LogP contribution is 2.31. The van der Waals surface area contributed by atoms with Crippen LogP contribution >= 0.6 is 0 Å². The smallest absolute Gasteiger partial charge is 0.335 e. The first-order valence-corrected chi connectivity index (χ1v) is 7.60. The number of nitrogens with one attached hydrogen (secondary N) is 1. The Balaban J connectivity index is 2.15. The molecule has 0 atom stereocenters. The molecular weight excluding hydrogens is 306 g/mol. The molecule has 0 aromatic heterocycles. The second-order valence-corrected chi connectivity index (χ2v) is 5.75. The minimum Gasteiger partial charge on any atom is -0.496 e. The van der Waals surface area contributed by atoms with Crippen molar-refractivity contribution in [2.75, 3.05) is 12.4 Å². The summed E-state index contributed by atoms with van der Waals surface area (Å²) in [5.41, 5.74) is 4.66. The van der Waals surface area contributed by atoms with Gasteiger partial charge >= 0.3 is 5.97 Å². The van der Waals surface area contributed by atoms with E-state index in [0.29, 0.717) is 0 Å². The van der Waals surface area contributed by atoms with Crippen molar-refractivity contribution in [3.8, 4) is 5.75 Å². The summed E-state index contributed by atoms with van der Waals surface area (Å²) in [6, 6.07) is 8.21. The molecule has 0 saturated carbocycles. The Morgan fingerprint density at radius 1 is 1.08 bits per heavy atom. The molecule has 0 aliphatic carbocycles. The highest BCUT2D eigenvalue weighted by molar-refractivity contribution is 5.94. The van der Waals surface area contributed by atoms with Crippen molar-refractivity contribution in [3.63, 3.8) is 0 Å². The Morgan fingerprint density at radius 2 is 1.71 bits per heavy atom. The third-order valence-corrected chi connectivity index (χ3v) is 4.10. The van der Waals surface area contributed by atoms with Gasteiger partial charge in [-0.05, 0) is 61.2 Å². The van der Waals surface area contributed by atoms with Gasteiger partial charge in [-0.15, -0.1) is 0 Å². The van der Waals surface area contributed by atoms with Crippen molar-refractivity contribution in [2.24, 2.45) is 0 Å².